The highest BCUT2D eigenvalue weighted by atomic mass is 19.4. The molecule has 1 aromatic heterocycles. The van der Waals surface area contributed by atoms with E-state index in [0.29, 0.717) is 23.9 Å². The molecule has 0 spiro atoms. The molecule has 3 N–H and O–H groups in total. The summed E-state index contributed by atoms with van der Waals surface area (Å²) in [4.78, 5) is 13.9. The highest BCUT2D eigenvalue weighted by Gasteiger charge is 2.51. The number of carbonyl (C=O) groups excluding carboxylic acids is 1. The van der Waals surface area contributed by atoms with Crippen LogP contribution < -0.4 is 10.1 Å². The van der Waals surface area contributed by atoms with Crippen LogP contribution in [0.2, 0.25) is 0 Å². The second kappa shape index (κ2) is 12.1. The Morgan fingerprint density at radius 1 is 1.29 bits per heavy atom. The third kappa shape index (κ3) is 7.26. The van der Waals surface area contributed by atoms with Crippen LogP contribution in [0.5, 0.6) is 5.75 Å². The number of pyridine rings is 1. The van der Waals surface area contributed by atoms with E-state index in [1.54, 1.807) is 6.07 Å². The zero-order chi connectivity index (χ0) is 26.3. The van der Waals surface area contributed by atoms with Crippen LogP contribution in [0.15, 0.2) is 30.5 Å². The maximum Gasteiger partial charge on any atom is 0.414 e. The van der Waals surface area contributed by atoms with Gasteiger partial charge >= 0.3 is 12.8 Å². The average molecular weight is 514 g/mol. The van der Waals surface area contributed by atoms with E-state index in [0.717, 1.165) is 6.07 Å². The van der Waals surface area contributed by atoms with Crippen molar-refractivity contribution in [3.8, 4) is 5.75 Å². The zero-order valence-corrected chi connectivity index (χ0v) is 18.0. The Labute approximate surface area is 194 Å². The summed E-state index contributed by atoms with van der Waals surface area (Å²) in [6, 6.07) is 4.66. The fourth-order valence-corrected chi connectivity index (χ4v) is 3.42. The lowest BCUT2D eigenvalue weighted by atomic mass is 9.86. The van der Waals surface area contributed by atoms with Gasteiger partial charge in [0.05, 0.1) is 18.9 Å². The van der Waals surface area contributed by atoms with E-state index in [1.807, 2.05) is 0 Å². The average Bonchev–Trinajstić information content (AvgIpc) is 3.19. The standard InChI is InChI=1S/C13H11F7O2.C8H10N2O3/c1-5-7(4-21-11(5)13(18,19)20)6-2-3-8(14)9(15)10(6)22-12(16)17;11-4-8(13)7-3-6(10-5-12)1-2-9-7/h2-3,5,7,11-12H,4H2,1H3;1-3,5,8,11,13H,4H2,(H,9,10,12). The lowest BCUT2D eigenvalue weighted by Crippen LogP contribution is -2.33. The summed E-state index contributed by atoms with van der Waals surface area (Å²) in [6.45, 7) is -3.09. The quantitative estimate of drug-likeness (QED) is 0.383. The zero-order valence-electron chi connectivity index (χ0n) is 18.0. The normalized spacial score (nSPS) is 20.7. The predicted octanol–water partition coefficient (Wildman–Crippen LogP) is 3.92. The van der Waals surface area contributed by atoms with E-state index in [-0.39, 0.29) is 5.56 Å². The molecule has 0 bridgehead atoms. The molecule has 1 fully saturated rings. The van der Waals surface area contributed by atoms with Crippen LogP contribution in [0.25, 0.3) is 0 Å². The van der Waals surface area contributed by atoms with Crippen molar-refractivity contribution in [2.75, 3.05) is 18.5 Å². The molecule has 1 aliphatic rings. The Kier molecular flexibility index (Phi) is 9.80. The van der Waals surface area contributed by atoms with Crippen LogP contribution >= 0.6 is 0 Å². The Balaban J connectivity index is 0.000000283. The molecule has 194 valence electrons. The van der Waals surface area contributed by atoms with Crippen LogP contribution in [0.4, 0.5) is 36.4 Å². The van der Waals surface area contributed by atoms with Gasteiger partial charge in [-0.05, 0) is 18.2 Å². The van der Waals surface area contributed by atoms with Gasteiger partial charge in [0.1, 0.15) is 6.10 Å². The molecule has 14 heteroatoms. The molecule has 0 saturated carbocycles. The molecule has 7 nitrogen and oxygen atoms in total. The second-order valence-corrected chi connectivity index (χ2v) is 7.35. The van der Waals surface area contributed by atoms with Crippen molar-refractivity contribution in [1.82, 2.24) is 4.98 Å². The second-order valence-electron chi connectivity index (χ2n) is 7.35. The lowest BCUT2D eigenvalue weighted by Gasteiger charge is -2.22. The topological polar surface area (TPSA) is 101 Å². The number of halogens is 7. The first kappa shape index (κ1) is 28.3. The number of amides is 1. The van der Waals surface area contributed by atoms with Crippen LogP contribution in [-0.4, -0.2) is 53.7 Å². The van der Waals surface area contributed by atoms with Crippen molar-refractivity contribution >= 4 is 12.1 Å². The molecule has 4 atom stereocenters. The van der Waals surface area contributed by atoms with E-state index in [1.165, 1.54) is 19.2 Å². The summed E-state index contributed by atoms with van der Waals surface area (Å²) >= 11 is 0. The van der Waals surface area contributed by atoms with E-state index >= 15 is 0 Å². The Hall–Kier alpha value is -2.97. The fourth-order valence-electron chi connectivity index (χ4n) is 3.42. The van der Waals surface area contributed by atoms with E-state index < -0.39 is 67.4 Å². The van der Waals surface area contributed by atoms with Gasteiger partial charge in [0, 0.05) is 29.3 Å². The molecule has 35 heavy (non-hydrogen) atoms. The van der Waals surface area contributed by atoms with E-state index in [4.69, 9.17) is 5.11 Å². The fraction of sp³-hybridized carbons (Fsp3) is 0.429. The summed E-state index contributed by atoms with van der Waals surface area (Å²) in [5.74, 6) is -6.39. The number of carbonyl (C=O) groups is 1. The number of benzene rings is 1. The molecule has 1 aliphatic heterocycles. The first-order chi connectivity index (χ1) is 16.4. The van der Waals surface area contributed by atoms with Crippen LogP contribution in [0.3, 0.4) is 0 Å². The lowest BCUT2D eigenvalue weighted by molar-refractivity contribution is -0.215. The number of nitrogens with one attached hydrogen (secondary N) is 1. The van der Waals surface area contributed by atoms with Gasteiger partial charge in [-0.15, -0.1) is 0 Å². The monoisotopic (exact) mass is 514 g/mol. The minimum absolute atomic E-state index is 0.279. The summed E-state index contributed by atoms with van der Waals surface area (Å²) in [5.41, 5.74) is 0.584. The molecule has 2 heterocycles. The number of alkyl halides is 5. The van der Waals surface area contributed by atoms with Gasteiger partial charge in [-0.3, -0.25) is 9.78 Å². The molecule has 1 aromatic carbocycles. The third-order valence-corrected chi connectivity index (χ3v) is 5.10. The highest BCUT2D eigenvalue weighted by molar-refractivity contribution is 5.70. The molecule has 4 unspecified atom stereocenters. The SMILES string of the molecule is CC1C(c2ccc(F)c(F)c2OC(F)F)COC1C(F)(F)F.O=CNc1ccnc(C(O)CO)c1. The number of rotatable bonds is 7. The van der Waals surface area contributed by atoms with Crippen molar-refractivity contribution in [3.05, 3.63) is 53.4 Å². The molecule has 1 saturated heterocycles. The van der Waals surface area contributed by atoms with Gasteiger partial charge in [-0.1, -0.05) is 13.0 Å². The first-order valence-electron chi connectivity index (χ1n) is 9.96. The number of nitrogens with zero attached hydrogens (tertiary/aromatic N) is 1. The van der Waals surface area contributed by atoms with Gasteiger partial charge < -0.3 is 25.0 Å². The van der Waals surface area contributed by atoms with E-state index in [9.17, 15) is 40.6 Å². The summed E-state index contributed by atoms with van der Waals surface area (Å²) in [5, 5.41) is 20.2. The van der Waals surface area contributed by atoms with Gasteiger partial charge in [0.2, 0.25) is 12.2 Å². The van der Waals surface area contributed by atoms with Crippen molar-refractivity contribution in [3.63, 3.8) is 0 Å². The predicted molar refractivity (Wildman–Crippen MR) is 107 cm³/mol. The molecule has 0 radical (unpaired) electrons. The molecular weight excluding hydrogens is 493 g/mol. The molecule has 0 aliphatic carbocycles. The van der Waals surface area contributed by atoms with Crippen molar-refractivity contribution < 1.29 is 55.2 Å². The third-order valence-electron chi connectivity index (χ3n) is 5.10. The van der Waals surface area contributed by atoms with Crippen molar-refractivity contribution in [1.29, 1.82) is 0 Å². The maximum atomic E-state index is 13.6. The molecule has 3 rings (SSSR count). The van der Waals surface area contributed by atoms with E-state index in [2.05, 4.69) is 19.8 Å². The number of hydrogen-bond donors (Lipinski definition) is 3. The number of anilines is 1. The molecule has 1 amide bonds. The Morgan fingerprint density at radius 3 is 2.51 bits per heavy atom. The van der Waals surface area contributed by atoms with Crippen LogP contribution in [0.1, 0.15) is 30.2 Å². The largest absolute Gasteiger partial charge is 0.431 e. The Bertz CT molecular complexity index is 993. The summed E-state index contributed by atoms with van der Waals surface area (Å²) < 4.78 is 98.3. The minimum Gasteiger partial charge on any atom is -0.431 e. The van der Waals surface area contributed by atoms with Gasteiger partial charge in [-0.25, -0.2) is 4.39 Å². The van der Waals surface area contributed by atoms with Gasteiger partial charge in [-0.2, -0.15) is 26.3 Å². The summed E-state index contributed by atoms with van der Waals surface area (Å²) in [7, 11) is 0. The highest BCUT2D eigenvalue weighted by Crippen LogP contribution is 2.45. The number of aliphatic hydroxyl groups excluding tert-OH is 2. The Morgan fingerprint density at radius 2 is 1.97 bits per heavy atom. The maximum absolute atomic E-state index is 13.6. The first-order valence-corrected chi connectivity index (χ1v) is 9.96. The number of aromatic nitrogens is 1. The van der Waals surface area contributed by atoms with Crippen LogP contribution in [0, 0.1) is 17.6 Å². The van der Waals surface area contributed by atoms with Gasteiger partial charge in [0.25, 0.3) is 0 Å². The van der Waals surface area contributed by atoms with Crippen molar-refractivity contribution in [2.24, 2.45) is 5.92 Å². The smallest absolute Gasteiger partial charge is 0.414 e. The number of hydrogen-bond acceptors (Lipinski definition) is 6. The van der Waals surface area contributed by atoms with Crippen LogP contribution in [-0.2, 0) is 9.53 Å². The summed E-state index contributed by atoms with van der Waals surface area (Å²) in [6.07, 6.45) is -5.78. The van der Waals surface area contributed by atoms with Gasteiger partial charge in [0.15, 0.2) is 17.7 Å². The number of ether oxygens (including phenoxy) is 2. The van der Waals surface area contributed by atoms with Crippen molar-refractivity contribution in [2.45, 2.75) is 37.8 Å². The minimum atomic E-state index is -4.64. The number of aliphatic hydroxyl groups is 2. The molecular formula is C21H21F7N2O5. The molecule has 2 aromatic rings.